The van der Waals surface area contributed by atoms with Gasteiger partial charge in [0.25, 0.3) is 0 Å². The highest BCUT2D eigenvalue weighted by Gasteiger charge is 2.41. The summed E-state index contributed by atoms with van der Waals surface area (Å²) in [5.74, 6) is -2.44. The van der Waals surface area contributed by atoms with Crippen LogP contribution in [0.3, 0.4) is 0 Å². The SMILES string of the molecule is CC(OCC(F)(F)F)(OCC(F)(F)F)c1ccccc1NC(=O)Nc1ccccc1. The molecule has 30 heavy (non-hydrogen) atoms. The Kier molecular flexibility index (Phi) is 7.32. The maximum Gasteiger partial charge on any atom is 0.411 e. The summed E-state index contributed by atoms with van der Waals surface area (Å²) >= 11 is 0. The molecule has 2 aromatic carbocycles. The van der Waals surface area contributed by atoms with Crippen molar-refractivity contribution in [1.82, 2.24) is 0 Å². The molecule has 0 heterocycles. The summed E-state index contributed by atoms with van der Waals surface area (Å²) < 4.78 is 85.3. The highest BCUT2D eigenvalue weighted by Crippen LogP contribution is 2.36. The van der Waals surface area contributed by atoms with Crippen LogP contribution in [0.5, 0.6) is 0 Å². The summed E-state index contributed by atoms with van der Waals surface area (Å²) in [6, 6.07) is 12.8. The second kappa shape index (κ2) is 9.35. The number of alkyl halides is 6. The van der Waals surface area contributed by atoms with E-state index >= 15 is 0 Å². The van der Waals surface area contributed by atoms with Gasteiger partial charge in [0.2, 0.25) is 0 Å². The molecular weight excluding hydrogens is 418 g/mol. The number of carbonyl (C=O) groups is 1. The molecule has 2 rings (SSSR count). The zero-order chi connectivity index (χ0) is 22.4. The summed E-state index contributed by atoms with van der Waals surface area (Å²) in [4.78, 5) is 12.2. The fourth-order valence-corrected chi connectivity index (χ4v) is 2.43. The third-order valence-electron chi connectivity index (χ3n) is 3.72. The van der Waals surface area contributed by atoms with Gasteiger partial charge >= 0.3 is 18.4 Å². The smallest absolute Gasteiger partial charge is 0.337 e. The molecule has 0 atom stereocenters. The van der Waals surface area contributed by atoms with Crippen molar-refractivity contribution in [2.75, 3.05) is 23.8 Å². The van der Waals surface area contributed by atoms with Crippen molar-refractivity contribution in [2.45, 2.75) is 25.1 Å². The normalized spacial score (nSPS) is 12.5. The predicted octanol–water partition coefficient (Wildman–Crippen LogP) is 5.66. The average Bonchev–Trinajstić information content (AvgIpc) is 2.65. The Balaban J connectivity index is 2.28. The number of carbonyl (C=O) groups excluding carboxylic acids is 1. The summed E-state index contributed by atoms with van der Waals surface area (Å²) in [5, 5.41) is 4.88. The van der Waals surface area contributed by atoms with E-state index in [-0.39, 0.29) is 11.3 Å². The van der Waals surface area contributed by atoms with Crippen molar-refractivity contribution in [3.63, 3.8) is 0 Å². The Morgan fingerprint density at radius 2 is 1.30 bits per heavy atom. The predicted molar refractivity (Wildman–Crippen MR) is 96.9 cm³/mol. The molecule has 164 valence electrons. The first kappa shape index (κ1) is 23.5. The van der Waals surface area contributed by atoms with E-state index in [9.17, 15) is 31.1 Å². The number of hydrogen-bond donors (Lipinski definition) is 2. The van der Waals surface area contributed by atoms with Gasteiger partial charge < -0.3 is 20.1 Å². The van der Waals surface area contributed by atoms with Gasteiger partial charge in [-0.3, -0.25) is 0 Å². The monoisotopic (exact) mass is 436 g/mol. The van der Waals surface area contributed by atoms with Crippen LogP contribution in [0.1, 0.15) is 12.5 Å². The number of amides is 2. The molecule has 0 bridgehead atoms. The van der Waals surface area contributed by atoms with Crippen LogP contribution < -0.4 is 10.6 Å². The van der Waals surface area contributed by atoms with Gasteiger partial charge in [0.1, 0.15) is 13.2 Å². The molecule has 0 aliphatic carbocycles. The van der Waals surface area contributed by atoms with E-state index in [4.69, 9.17) is 9.47 Å². The van der Waals surface area contributed by atoms with Crippen molar-refractivity contribution in [3.8, 4) is 0 Å². The third-order valence-corrected chi connectivity index (χ3v) is 3.72. The average molecular weight is 436 g/mol. The van der Waals surface area contributed by atoms with Gasteiger partial charge in [0.05, 0.1) is 5.69 Å². The number of rotatable bonds is 7. The quantitative estimate of drug-likeness (QED) is 0.435. The Hall–Kier alpha value is -2.79. The molecule has 0 unspecified atom stereocenters. The fraction of sp³-hybridized carbons (Fsp3) is 0.316. The number of para-hydroxylation sites is 2. The van der Waals surface area contributed by atoms with Crippen molar-refractivity contribution < 1.29 is 40.6 Å². The van der Waals surface area contributed by atoms with Gasteiger partial charge in [0, 0.05) is 11.3 Å². The minimum atomic E-state index is -4.81. The van der Waals surface area contributed by atoms with Crippen molar-refractivity contribution in [2.24, 2.45) is 0 Å². The maximum atomic E-state index is 12.6. The van der Waals surface area contributed by atoms with E-state index in [1.807, 2.05) is 0 Å². The molecule has 0 saturated heterocycles. The lowest BCUT2D eigenvalue weighted by molar-refractivity contribution is -0.310. The molecule has 0 aliphatic rings. The van der Waals surface area contributed by atoms with Crippen LogP contribution in [0.15, 0.2) is 54.6 Å². The van der Waals surface area contributed by atoms with E-state index in [1.165, 1.54) is 24.3 Å². The minimum Gasteiger partial charge on any atom is -0.337 e. The standard InChI is InChI=1S/C19H18F6N2O3/c1-17(29-11-18(20,21)22,30-12-19(23,24)25)14-9-5-6-10-15(14)27-16(28)26-13-7-3-2-4-8-13/h2-10H,11-12H2,1H3,(H2,26,27,28). The highest BCUT2D eigenvalue weighted by atomic mass is 19.4. The number of anilines is 2. The zero-order valence-corrected chi connectivity index (χ0v) is 15.6. The molecule has 0 radical (unpaired) electrons. The van der Waals surface area contributed by atoms with Gasteiger partial charge in [0.15, 0.2) is 5.79 Å². The van der Waals surface area contributed by atoms with Crippen LogP contribution in [0.25, 0.3) is 0 Å². The summed E-state index contributed by atoms with van der Waals surface area (Å²) in [6.07, 6.45) is -9.62. The number of ether oxygens (including phenoxy) is 2. The topological polar surface area (TPSA) is 59.6 Å². The third kappa shape index (κ3) is 7.56. The molecule has 2 N–H and O–H groups in total. The van der Waals surface area contributed by atoms with Crippen LogP contribution in [0, 0.1) is 0 Å². The van der Waals surface area contributed by atoms with Gasteiger partial charge in [-0.15, -0.1) is 0 Å². The van der Waals surface area contributed by atoms with Crippen LogP contribution >= 0.6 is 0 Å². The maximum absolute atomic E-state index is 12.6. The largest absolute Gasteiger partial charge is 0.411 e. The number of nitrogens with one attached hydrogen (secondary N) is 2. The molecule has 2 amide bonds. The molecule has 2 aromatic rings. The Morgan fingerprint density at radius 1 is 0.800 bits per heavy atom. The van der Waals surface area contributed by atoms with Crippen LogP contribution in [-0.2, 0) is 15.3 Å². The Bertz CT molecular complexity index is 822. The highest BCUT2D eigenvalue weighted by molar-refractivity contribution is 6.00. The number of urea groups is 1. The van der Waals surface area contributed by atoms with Crippen molar-refractivity contribution >= 4 is 17.4 Å². The molecule has 0 aromatic heterocycles. The van der Waals surface area contributed by atoms with Crippen molar-refractivity contribution in [1.29, 1.82) is 0 Å². The summed E-state index contributed by atoms with van der Waals surface area (Å²) in [5.41, 5.74) is 0.122. The first-order valence-electron chi connectivity index (χ1n) is 8.52. The first-order valence-corrected chi connectivity index (χ1v) is 8.52. The van der Waals surface area contributed by atoms with Crippen LogP contribution in [0.4, 0.5) is 42.5 Å². The molecule has 0 saturated carbocycles. The van der Waals surface area contributed by atoms with Crippen LogP contribution in [-0.4, -0.2) is 31.6 Å². The van der Waals surface area contributed by atoms with Gasteiger partial charge in [-0.1, -0.05) is 36.4 Å². The second-order valence-electron chi connectivity index (χ2n) is 6.24. The lowest BCUT2D eigenvalue weighted by atomic mass is 10.0. The van der Waals surface area contributed by atoms with E-state index in [1.54, 1.807) is 30.3 Å². The van der Waals surface area contributed by atoms with E-state index in [0.29, 0.717) is 5.69 Å². The molecular formula is C19H18F6N2O3. The number of benzene rings is 2. The number of hydrogen-bond acceptors (Lipinski definition) is 3. The zero-order valence-electron chi connectivity index (χ0n) is 15.6. The Morgan fingerprint density at radius 3 is 1.83 bits per heavy atom. The lowest BCUT2D eigenvalue weighted by Crippen LogP contribution is -2.37. The van der Waals surface area contributed by atoms with Gasteiger partial charge in [-0.05, 0) is 25.1 Å². The van der Waals surface area contributed by atoms with E-state index in [2.05, 4.69) is 10.6 Å². The van der Waals surface area contributed by atoms with Crippen molar-refractivity contribution in [3.05, 3.63) is 60.2 Å². The number of halogens is 6. The molecule has 0 spiro atoms. The lowest BCUT2D eigenvalue weighted by Gasteiger charge is -2.32. The van der Waals surface area contributed by atoms with E-state index in [0.717, 1.165) is 6.92 Å². The summed E-state index contributed by atoms with van der Waals surface area (Å²) in [6.45, 7) is -2.79. The van der Waals surface area contributed by atoms with E-state index < -0.39 is 37.4 Å². The van der Waals surface area contributed by atoms with Crippen LogP contribution in [0.2, 0.25) is 0 Å². The molecule has 5 nitrogen and oxygen atoms in total. The molecule has 0 aliphatic heterocycles. The summed E-state index contributed by atoms with van der Waals surface area (Å²) in [7, 11) is 0. The fourth-order valence-electron chi connectivity index (χ4n) is 2.43. The van der Waals surface area contributed by atoms with Gasteiger partial charge in [-0.2, -0.15) is 26.3 Å². The first-order chi connectivity index (χ1) is 13.9. The molecule has 11 heteroatoms. The molecule has 0 fully saturated rings. The second-order valence-corrected chi connectivity index (χ2v) is 6.24. The Labute approximate surface area is 168 Å². The van der Waals surface area contributed by atoms with Gasteiger partial charge in [-0.25, -0.2) is 4.79 Å². The minimum absolute atomic E-state index is 0.0854.